The summed E-state index contributed by atoms with van der Waals surface area (Å²) in [7, 11) is 0. The molecule has 5 nitrogen and oxygen atoms in total. The van der Waals surface area contributed by atoms with Crippen LogP contribution in [0.3, 0.4) is 0 Å². The maximum Gasteiger partial charge on any atom is 0.320 e. The molecule has 1 aromatic heterocycles. The van der Waals surface area contributed by atoms with Crippen LogP contribution in [0.5, 0.6) is 0 Å². The molecule has 24 heavy (non-hydrogen) atoms. The SMILES string of the molecule is N[C@@H]1CCC[C@H]1CC(=O)NCCc1nc2ccccc2n1C(F)F. The van der Waals surface area contributed by atoms with Gasteiger partial charge in [0.1, 0.15) is 5.82 Å². The topological polar surface area (TPSA) is 72.9 Å². The first-order valence-electron chi connectivity index (χ1n) is 8.32. The molecule has 1 aromatic carbocycles. The van der Waals surface area contributed by atoms with Crippen LogP contribution in [0, 0.1) is 5.92 Å². The Hall–Kier alpha value is -2.02. The minimum atomic E-state index is -2.65. The van der Waals surface area contributed by atoms with Crippen LogP contribution in [0.2, 0.25) is 0 Å². The Morgan fingerprint density at radius 3 is 2.88 bits per heavy atom. The van der Waals surface area contributed by atoms with Gasteiger partial charge in [-0.15, -0.1) is 0 Å². The number of hydrogen-bond acceptors (Lipinski definition) is 3. The van der Waals surface area contributed by atoms with Gasteiger partial charge in [0, 0.05) is 25.4 Å². The predicted molar refractivity (Wildman–Crippen MR) is 87.6 cm³/mol. The number of fused-ring (bicyclic) bond motifs is 1. The van der Waals surface area contributed by atoms with Crippen molar-refractivity contribution in [1.82, 2.24) is 14.9 Å². The van der Waals surface area contributed by atoms with E-state index >= 15 is 0 Å². The van der Waals surface area contributed by atoms with Crippen molar-refractivity contribution in [3.8, 4) is 0 Å². The molecule has 3 rings (SSSR count). The van der Waals surface area contributed by atoms with Crippen molar-refractivity contribution < 1.29 is 13.6 Å². The van der Waals surface area contributed by atoms with Crippen molar-refractivity contribution in [3.63, 3.8) is 0 Å². The lowest BCUT2D eigenvalue weighted by Crippen LogP contribution is -2.32. The summed E-state index contributed by atoms with van der Waals surface area (Å²) in [6.07, 6.45) is 3.69. The minimum absolute atomic E-state index is 0.0722. The largest absolute Gasteiger partial charge is 0.356 e. The highest BCUT2D eigenvalue weighted by molar-refractivity contribution is 5.77. The highest BCUT2D eigenvalue weighted by Gasteiger charge is 2.26. The van der Waals surface area contributed by atoms with E-state index < -0.39 is 6.55 Å². The van der Waals surface area contributed by atoms with Crippen molar-refractivity contribution in [2.75, 3.05) is 6.54 Å². The van der Waals surface area contributed by atoms with Crippen LogP contribution in [-0.4, -0.2) is 28.0 Å². The van der Waals surface area contributed by atoms with Crippen LogP contribution < -0.4 is 11.1 Å². The number of halogens is 2. The van der Waals surface area contributed by atoms with E-state index in [0.717, 1.165) is 23.8 Å². The van der Waals surface area contributed by atoms with Gasteiger partial charge in [0.15, 0.2) is 0 Å². The number of benzene rings is 1. The van der Waals surface area contributed by atoms with Gasteiger partial charge in [-0.1, -0.05) is 18.6 Å². The Kier molecular flexibility index (Phi) is 5.08. The van der Waals surface area contributed by atoms with E-state index in [1.807, 2.05) is 0 Å². The third kappa shape index (κ3) is 3.56. The Morgan fingerprint density at radius 2 is 2.17 bits per heavy atom. The summed E-state index contributed by atoms with van der Waals surface area (Å²) in [5.41, 5.74) is 6.91. The Bertz CT molecular complexity index is 716. The molecule has 130 valence electrons. The molecule has 2 aromatic rings. The maximum atomic E-state index is 13.3. The first-order valence-corrected chi connectivity index (χ1v) is 8.32. The number of nitrogens with zero attached hydrogens (tertiary/aromatic N) is 2. The highest BCUT2D eigenvalue weighted by atomic mass is 19.3. The van der Waals surface area contributed by atoms with Crippen molar-refractivity contribution in [1.29, 1.82) is 0 Å². The standard InChI is InChI=1S/C17H22F2N4O/c18-17(19)23-14-7-2-1-6-13(14)22-15(23)8-9-21-16(24)10-11-4-3-5-12(11)20/h1-2,6-7,11-12,17H,3-5,8-10,20H2,(H,21,24)/t11-,12+/m0/s1. The molecule has 0 unspecified atom stereocenters. The number of aromatic nitrogens is 2. The van der Waals surface area contributed by atoms with E-state index in [-0.39, 0.29) is 36.7 Å². The van der Waals surface area contributed by atoms with E-state index in [9.17, 15) is 13.6 Å². The number of para-hydroxylation sites is 2. The van der Waals surface area contributed by atoms with E-state index in [2.05, 4.69) is 10.3 Å². The summed E-state index contributed by atoms with van der Waals surface area (Å²) >= 11 is 0. The molecule has 1 fully saturated rings. The molecule has 1 heterocycles. The van der Waals surface area contributed by atoms with Crippen molar-refractivity contribution in [2.24, 2.45) is 11.7 Å². The fraction of sp³-hybridized carbons (Fsp3) is 0.529. The van der Waals surface area contributed by atoms with Crippen molar-refractivity contribution in [2.45, 2.75) is 44.7 Å². The summed E-state index contributed by atoms with van der Waals surface area (Å²) < 4.78 is 27.5. The Labute approximate surface area is 139 Å². The number of amides is 1. The quantitative estimate of drug-likeness (QED) is 0.852. The number of carbonyl (C=O) groups is 1. The Balaban J connectivity index is 1.59. The van der Waals surface area contributed by atoms with E-state index in [1.165, 1.54) is 0 Å². The van der Waals surface area contributed by atoms with Crippen LogP contribution >= 0.6 is 0 Å². The van der Waals surface area contributed by atoms with Crippen molar-refractivity contribution >= 4 is 16.9 Å². The van der Waals surface area contributed by atoms with Crippen LogP contribution in [0.4, 0.5) is 8.78 Å². The third-order valence-corrected chi connectivity index (χ3v) is 4.70. The monoisotopic (exact) mass is 336 g/mol. The molecule has 0 radical (unpaired) electrons. The second-order valence-electron chi connectivity index (χ2n) is 6.32. The molecular weight excluding hydrogens is 314 g/mol. The van der Waals surface area contributed by atoms with Gasteiger partial charge in [-0.3, -0.25) is 9.36 Å². The third-order valence-electron chi connectivity index (χ3n) is 4.70. The normalized spacial score (nSPS) is 20.8. The average Bonchev–Trinajstić information content (AvgIpc) is 3.10. The van der Waals surface area contributed by atoms with Crippen molar-refractivity contribution in [3.05, 3.63) is 30.1 Å². The lowest BCUT2D eigenvalue weighted by atomic mass is 10.00. The number of imidazole rings is 1. The smallest absolute Gasteiger partial charge is 0.320 e. The zero-order valence-electron chi connectivity index (χ0n) is 13.4. The molecule has 1 aliphatic carbocycles. The summed E-state index contributed by atoms with van der Waals surface area (Å²) in [6, 6.07) is 6.90. The van der Waals surface area contributed by atoms with Gasteiger partial charge in [-0.05, 0) is 30.9 Å². The first-order chi connectivity index (χ1) is 11.6. The number of nitrogens with one attached hydrogen (secondary N) is 1. The van der Waals surface area contributed by atoms with Gasteiger partial charge in [0.2, 0.25) is 5.91 Å². The van der Waals surface area contributed by atoms with Gasteiger partial charge in [-0.25, -0.2) is 4.98 Å². The number of alkyl halides is 2. The fourth-order valence-electron chi connectivity index (χ4n) is 3.43. The zero-order chi connectivity index (χ0) is 17.1. The number of hydrogen-bond donors (Lipinski definition) is 2. The number of rotatable bonds is 6. The molecule has 2 atom stereocenters. The first kappa shape index (κ1) is 16.8. The Morgan fingerprint density at radius 1 is 1.38 bits per heavy atom. The number of carbonyl (C=O) groups excluding carboxylic acids is 1. The molecular formula is C17H22F2N4O. The van der Waals surface area contributed by atoms with Gasteiger partial charge >= 0.3 is 6.55 Å². The average molecular weight is 336 g/mol. The van der Waals surface area contributed by atoms with Gasteiger partial charge in [-0.2, -0.15) is 8.78 Å². The molecule has 1 amide bonds. The molecule has 7 heteroatoms. The molecule has 3 N–H and O–H groups in total. The predicted octanol–water partition coefficient (Wildman–Crippen LogP) is 2.61. The van der Waals surface area contributed by atoms with Crippen LogP contribution in [0.25, 0.3) is 11.0 Å². The minimum Gasteiger partial charge on any atom is -0.356 e. The summed E-state index contributed by atoms with van der Waals surface area (Å²) in [4.78, 5) is 16.2. The van der Waals surface area contributed by atoms with Crippen LogP contribution in [0.1, 0.15) is 38.1 Å². The lowest BCUT2D eigenvalue weighted by Gasteiger charge is -2.14. The molecule has 1 saturated carbocycles. The fourth-order valence-corrected chi connectivity index (χ4v) is 3.43. The van der Waals surface area contributed by atoms with Crippen LogP contribution in [-0.2, 0) is 11.2 Å². The molecule has 1 aliphatic rings. The molecule has 0 spiro atoms. The lowest BCUT2D eigenvalue weighted by molar-refractivity contribution is -0.122. The second-order valence-corrected chi connectivity index (χ2v) is 6.32. The summed E-state index contributed by atoms with van der Waals surface area (Å²) in [5, 5.41) is 2.80. The van der Waals surface area contributed by atoms with E-state index in [1.54, 1.807) is 24.3 Å². The van der Waals surface area contributed by atoms with E-state index in [0.29, 0.717) is 17.5 Å². The van der Waals surface area contributed by atoms with Gasteiger partial charge < -0.3 is 11.1 Å². The van der Waals surface area contributed by atoms with Gasteiger partial charge in [0.05, 0.1) is 11.0 Å². The molecule has 0 saturated heterocycles. The maximum absolute atomic E-state index is 13.3. The summed E-state index contributed by atoms with van der Waals surface area (Å²) in [6.45, 7) is -2.36. The number of nitrogens with two attached hydrogens (primary N) is 1. The van der Waals surface area contributed by atoms with E-state index in [4.69, 9.17) is 5.73 Å². The molecule has 0 aliphatic heterocycles. The zero-order valence-corrected chi connectivity index (χ0v) is 13.4. The van der Waals surface area contributed by atoms with Crippen LogP contribution in [0.15, 0.2) is 24.3 Å². The van der Waals surface area contributed by atoms with Gasteiger partial charge in [0.25, 0.3) is 0 Å². The summed E-state index contributed by atoms with van der Waals surface area (Å²) in [5.74, 6) is 0.441. The highest BCUT2D eigenvalue weighted by Crippen LogP contribution is 2.26. The second kappa shape index (κ2) is 7.25. The molecule has 0 bridgehead atoms.